The number of carbonyl (C=O) groups excluding carboxylic acids is 2. The fourth-order valence-corrected chi connectivity index (χ4v) is 2.47. The minimum absolute atomic E-state index is 0.175. The lowest BCUT2D eigenvalue weighted by atomic mass is 10.1. The highest BCUT2D eigenvalue weighted by atomic mass is 127. The molecule has 96 valence electrons. The summed E-state index contributed by atoms with van der Waals surface area (Å²) in [5.74, 6) is -0.352. The number of benzene rings is 1. The SMILES string of the molecule is COCCCCN1C(=O)c2ccc(I)cc2C1=O. The Morgan fingerprint density at radius 2 is 1.89 bits per heavy atom. The number of fused-ring (bicyclic) bond motifs is 1. The van der Waals surface area contributed by atoms with Gasteiger partial charge in [-0.25, -0.2) is 0 Å². The van der Waals surface area contributed by atoms with Crippen molar-refractivity contribution in [2.75, 3.05) is 20.3 Å². The molecule has 0 saturated carbocycles. The Morgan fingerprint density at radius 1 is 1.17 bits per heavy atom. The first-order valence-electron chi connectivity index (χ1n) is 5.80. The molecule has 0 aliphatic carbocycles. The van der Waals surface area contributed by atoms with E-state index in [1.165, 1.54) is 4.90 Å². The summed E-state index contributed by atoms with van der Waals surface area (Å²) < 4.78 is 5.91. The maximum atomic E-state index is 12.1. The lowest BCUT2D eigenvalue weighted by Gasteiger charge is -2.13. The van der Waals surface area contributed by atoms with Gasteiger partial charge in [-0.05, 0) is 53.6 Å². The van der Waals surface area contributed by atoms with Crippen LogP contribution in [0.5, 0.6) is 0 Å². The highest BCUT2D eigenvalue weighted by molar-refractivity contribution is 14.1. The summed E-state index contributed by atoms with van der Waals surface area (Å²) in [6.07, 6.45) is 1.62. The number of halogens is 1. The average Bonchev–Trinajstić information content (AvgIpc) is 2.59. The standard InChI is InChI=1S/C13H14INO3/c1-18-7-3-2-6-15-12(16)10-5-4-9(14)8-11(10)13(15)17/h4-5,8H,2-3,6-7H2,1H3. The monoisotopic (exact) mass is 359 g/mol. The average molecular weight is 359 g/mol. The summed E-state index contributed by atoms with van der Waals surface area (Å²) in [4.78, 5) is 25.5. The largest absolute Gasteiger partial charge is 0.385 e. The van der Waals surface area contributed by atoms with E-state index in [2.05, 4.69) is 22.6 Å². The third kappa shape index (κ3) is 2.56. The molecule has 1 heterocycles. The Morgan fingerprint density at radius 3 is 2.61 bits per heavy atom. The van der Waals surface area contributed by atoms with E-state index in [0.29, 0.717) is 24.3 Å². The fourth-order valence-electron chi connectivity index (χ4n) is 1.98. The Bertz CT molecular complexity index is 487. The van der Waals surface area contributed by atoms with E-state index in [1.54, 1.807) is 19.2 Å². The van der Waals surface area contributed by atoms with Gasteiger partial charge in [-0.15, -0.1) is 0 Å². The number of rotatable bonds is 5. The van der Waals surface area contributed by atoms with E-state index in [9.17, 15) is 9.59 Å². The smallest absolute Gasteiger partial charge is 0.261 e. The highest BCUT2D eigenvalue weighted by Crippen LogP contribution is 2.24. The molecule has 0 saturated heterocycles. The molecule has 5 heteroatoms. The van der Waals surface area contributed by atoms with Crippen LogP contribution in [-0.2, 0) is 4.74 Å². The molecule has 2 amide bonds. The normalized spacial score (nSPS) is 14.2. The van der Waals surface area contributed by atoms with Gasteiger partial charge >= 0.3 is 0 Å². The van der Waals surface area contributed by atoms with Gasteiger partial charge in [0.1, 0.15) is 0 Å². The number of nitrogens with zero attached hydrogens (tertiary/aromatic N) is 1. The van der Waals surface area contributed by atoms with Crippen LogP contribution in [0, 0.1) is 3.57 Å². The van der Waals surface area contributed by atoms with E-state index in [0.717, 1.165) is 16.4 Å². The fraction of sp³-hybridized carbons (Fsp3) is 0.385. The summed E-state index contributed by atoms with van der Waals surface area (Å²) in [5.41, 5.74) is 1.05. The molecule has 1 aliphatic heterocycles. The van der Waals surface area contributed by atoms with E-state index in [1.807, 2.05) is 6.07 Å². The lowest BCUT2D eigenvalue weighted by Crippen LogP contribution is -2.30. The maximum absolute atomic E-state index is 12.1. The molecule has 0 atom stereocenters. The van der Waals surface area contributed by atoms with E-state index < -0.39 is 0 Å². The van der Waals surface area contributed by atoms with Gasteiger partial charge in [-0.3, -0.25) is 14.5 Å². The van der Waals surface area contributed by atoms with Crippen LogP contribution in [0.25, 0.3) is 0 Å². The zero-order valence-corrected chi connectivity index (χ0v) is 12.3. The minimum Gasteiger partial charge on any atom is -0.385 e. The maximum Gasteiger partial charge on any atom is 0.261 e. The van der Waals surface area contributed by atoms with Gasteiger partial charge in [-0.1, -0.05) is 0 Å². The molecular formula is C13H14INO3. The van der Waals surface area contributed by atoms with Gasteiger partial charge in [0, 0.05) is 23.8 Å². The van der Waals surface area contributed by atoms with Gasteiger partial charge in [0.05, 0.1) is 11.1 Å². The van der Waals surface area contributed by atoms with Gasteiger partial charge < -0.3 is 4.74 Å². The first-order chi connectivity index (χ1) is 8.65. The van der Waals surface area contributed by atoms with Crippen LogP contribution in [0.2, 0.25) is 0 Å². The number of imide groups is 1. The number of hydrogen-bond acceptors (Lipinski definition) is 3. The van der Waals surface area contributed by atoms with Crippen molar-refractivity contribution >= 4 is 34.4 Å². The Labute approximate surface area is 119 Å². The zero-order valence-electron chi connectivity index (χ0n) is 10.1. The minimum atomic E-state index is -0.177. The highest BCUT2D eigenvalue weighted by Gasteiger charge is 2.34. The van der Waals surface area contributed by atoms with Crippen molar-refractivity contribution in [3.8, 4) is 0 Å². The molecule has 4 nitrogen and oxygen atoms in total. The molecule has 0 N–H and O–H groups in total. The van der Waals surface area contributed by atoms with Crippen molar-refractivity contribution in [1.82, 2.24) is 4.90 Å². The third-order valence-corrected chi connectivity index (χ3v) is 3.58. The molecule has 1 aliphatic rings. The second-order valence-electron chi connectivity index (χ2n) is 4.15. The van der Waals surface area contributed by atoms with Crippen LogP contribution in [0.4, 0.5) is 0 Å². The second-order valence-corrected chi connectivity index (χ2v) is 5.40. The third-order valence-electron chi connectivity index (χ3n) is 2.91. The van der Waals surface area contributed by atoms with E-state index in [-0.39, 0.29) is 11.8 Å². The van der Waals surface area contributed by atoms with Crippen molar-refractivity contribution in [2.24, 2.45) is 0 Å². The van der Waals surface area contributed by atoms with Crippen LogP contribution in [0.3, 0.4) is 0 Å². The first kappa shape index (κ1) is 13.5. The molecule has 0 spiro atoms. The first-order valence-corrected chi connectivity index (χ1v) is 6.87. The molecule has 0 aromatic heterocycles. The number of methoxy groups -OCH3 is 1. The van der Waals surface area contributed by atoms with Crippen molar-refractivity contribution in [2.45, 2.75) is 12.8 Å². The molecule has 2 rings (SSSR count). The van der Waals surface area contributed by atoms with Crippen LogP contribution in [-0.4, -0.2) is 37.0 Å². The van der Waals surface area contributed by atoms with Crippen molar-refractivity contribution in [3.63, 3.8) is 0 Å². The summed E-state index contributed by atoms with van der Waals surface area (Å²) in [7, 11) is 1.64. The van der Waals surface area contributed by atoms with E-state index >= 15 is 0 Å². The lowest BCUT2D eigenvalue weighted by molar-refractivity contribution is 0.0647. The molecule has 0 fully saturated rings. The Hall–Kier alpha value is -0.950. The summed E-state index contributed by atoms with van der Waals surface area (Å²) in [6.45, 7) is 1.12. The predicted molar refractivity (Wildman–Crippen MR) is 75.6 cm³/mol. The second kappa shape index (κ2) is 5.79. The topological polar surface area (TPSA) is 46.6 Å². The van der Waals surface area contributed by atoms with Crippen LogP contribution >= 0.6 is 22.6 Å². The molecule has 0 radical (unpaired) electrons. The van der Waals surface area contributed by atoms with Gasteiger partial charge in [0.2, 0.25) is 0 Å². The Balaban J connectivity index is 2.08. The zero-order chi connectivity index (χ0) is 13.1. The summed E-state index contributed by atoms with van der Waals surface area (Å²) >= 11 is 2.14. The van der Waals surface area contributed by atoms with Crippen molar-refractivity contribution < 1.29 is 14.3 Å². The molecular weight excluding hydrogens is 345 g/mol. The Kier molecular flexibility index (Phi) is 4.34. The number of ether oxygens (including phenoxy) is 1. The van der Waals surface area contributed by atoms with Gasteiger partial charge in [0.25, 0.3) is 11.8 Å². The molecule has 0 unspecified atom stereocenters. The summed E-state index contributed by atoms with van der Waals surface area (Å²) in [6, 6.07) is 5.34. The predicted octanol–water partition coefficient (Wildman–Crippen LogP) is 2.31. The van der Waals surface area contributed by atoms with Gasteiger partial charge in [0.15, 0.2) is 0 Å². The van der Waals surface area contributed by atoms with Crippen LogP contribution in [0.1, 0.15) is 33.6 Å². The molecule has 0 bridgehead atoms. The van der Waals surface area contributed by atoms with Crippen LogP contribution in [0.15, 0.2) is 18.2 Å². The van der Waals surface area contributed by atoms with E-state index in [4.69, 9.17) is 4.74 Å². The molecule has 1 aromatic rings. The van der Waals surface area contributed by atoms with Crippen molar-refractivity contribution in [1.29, 1.82) is 0 Å². The molecule has 1 aromatic carbocycles. The number of unbranched alkanes of at least 4 members (excludes halogenated alkanes) is 1. The van der Waals surface area contributed by atoms with Crippen LogP contribution < -0.4 is 0 Å². The van der Waals surface area contributed by atoms with Gasteiger partial charge in [-0.2, -0.15) is 0 Å². The number of carbonyl (C=O) groups is 2. The quantitative estimate of drug-likeness (QED) is 0.461. The van der Waals surface area contributed by atoms with Crippen molar-refractivity contribution in [3.05, 3.63) is 32.9 Å². The number of hydrogen-bond donors (Lipinski definition) is 0. The molecule has 18 heavy (non-hydrogen) atoms. The number of amides is 2. The summed E-state index contributed by atoms with van der Waals surface area (Å²) in [5, 5.41) is 0.